The second-order valence-electron chi connectivity index (χ2n) is 5.01. The SMILES string of the molecule is CC(C)(C)[NH+]=C(C=C(N)C(=O)O)C1CC1. The fourth-order valence-electron chi connectivity index (χ4n) is 1.31. The molecule has 0 bridgehead atoms. The minimum absolute atomic E-state index is 0.0623. The molecule has 4 heteroatoms. The number of aliphatic carboxylic acids is 1. The molecular formula is C11H19N2O2+. The van der Waals surface area contributed by atoms with Crippen LogP contribution >= 0.6 is 0 Å². The molecule has 0 aromatic heterocycles. The molecule has 1 saturated carbocycles. The van der Waals surface area contributed by atoms with Gasteiger partial charge in [-0.05, 0) is 33.6 Å². The normalized spacial score (nSPS) is 19.1. The third-order valence-corrected chi connectivity index (χ3v) is 2.09. The number of carboxylic acids is 1. The van der Waals surface area contributed by atoms with Gasteiger partial charge < -0.3 is 10.8 Å². The van der Waals surface area contributed by atoms with Crippen molar-refractivity contribution >= 4 is 11.7 Å². The van der Waals surface area contributed by atoms with E-state index in [-0.39, 0.29) is 11.2 Å². The predicted molar refractivity (Wildman–Crippen MR) is 58.4 cm³/mol. The molecule has 0 atom stereocenters. The first-order valence-electron chi connectivity index (χ1n) is 5.15. The second-order valence-corrected chi connectivity index (χ2v) is 5.01. The van der Waals surface area contributed by atoms with E-state index in [4.69, 9.17) is 10.8 Å². The Morgan fingerprint density at radius 1 is 1.47 bits per heavy atom. The van der Waals surface area contributed by atoms with Crippen molar-refractivity contribution in [3.8, 4) is 0 Å². The lowest BCUT2D eigenvalue weighted by atomic mass is 10.1. The van der Waals surface area contributed by atoms with E-state index in [2.05, 4.69) is 4.99 Å². The quantitative estimate of drug-likeness (QED) is 0.441. The lowest BCUT2D eigenvalue weighted by Crippen LogP contribution is -2.84. The monoisotopic (exact) mass is 211 g/mol. The highest BCUT2D eigenvalue weighted by molar-refractivity contribution is 6.00. The van der Waals surface area contributed by atoms with Gasteiger partial charge in [-0.15, -0.1) is 0 Å². The van der Waals surface area contributed by atoms with Crippen LogP contribution in [0.15, 0.2) is 11.8 Å². The van der Waals surface area contributed by atoms with E-state index in [9.17, 15) is 4.79 Å². The van der Waals surface area contributed by atoms with Gasteiger partial charge in [0.15, 0.2) is 11.3 Å². The number of nitrogens with two attached hydrogens (primary N) is 1. The molecule has 84 valence electrons. The molecule has 0 aliphatic heterocycles. The van der Waals surface area contributed by atoms with Crippen LogP contribution in [0.1, 0.15) is 33.6 Å². The van der Waals surface area contributed by atoms with Crippen LogP contribution in [0.4, 0.5) is 0 Å². The Bertz CT molecular complexity index is 320. The highest BCUT2D eigenvalue weighted by atomic mass is 16.4. The number of carboxylic acid groups (broad SMARTS) is 1. The zero-order chi connectivity index (χ0) is 11.6. The summed E-state index contributed by atoms with van der Waals surface area (Å²) in [5, 5.41) is 8.70. The van der Waals surface area contributed by atoms with E-state index in [1.54, 1.807) is 6.08 Å². The zero-order valence-corrected chi connectivity index (χ0v) is 9.50. The summed E-state index contributed by atoms with van der Waals surface area (Å²) in [6.07, 6.45) is 3.77. The Labute approximate surface area is 89.9 Å². The Morgan fingerprint density at radius 3 is 2.33 bits per heavy atom. The molecule has 0 aromatic carbocycles. The zero-order valence-electron chi connectivity index (χ0n) is 9.50. The topological polar surface area (TPSA) is 77.3 Å². The first-order valence-corrected chi connectivity index (χ1v) is 5.15. The summed E-state index contributed by atoms with van der Waals surface area (Å²) in [6, 6.07) is 0. The molecular weight excluding hydrogens is 192 g/mol. The molecule has 0 heterocycles. The molecule has 1 aliphatic carbocycles. The van der Waals surface area contributed by atoms with Crippen LogP contribution in [-0.2, 0) is 4.79 Å². The van der Waals surface area contributed by atoms with Crippen LogP contribution in [-0.4, -0.2) is 22.3 Å². The Balaban J connectivity index is 2.89. The minimum Gasteiger partial charge on any atom is -0.477 e. The second kappa shape index (κ2) is 4.04. The number of rotatable bonds is 3. The van der Waals surface area contributed by atoms with Crippen molar-refractivity contribution in [2.75, 3.05) is 0 Å². The van der Waals surface area contributed by atoms with E-state index in [1.807, 2.05) is 20.8 Å². The third kappa shape index (κ3) is 4.14. The number of hydrogen-bond donors (Lipinski definition) is 3. The molecule has 0 radical (unpaired) electrons. The molecule has 0 spiro atoms. The molecule has 0 aromatic rings. The maximum Gasteiger partial charge on any atom is 0.351 e. The van der Waals surface area contributed by atoms with Crippen molar-refractivity contribution in [1.82, 2.24) is 0 Å². The Kier molecular flexibility index (Phi) is 3.17. The van der Waals surface area contributed by atoms with Crippen LogP contribution < -0.4 is 10.7 Å². The molecule has 4 nitrogen and oxygen atoms in total. The predicted octanol–water partition coefficient (Wildman–Crippen LogP) is -0.356. The summed E-state index contributed by atoms with van der Waals surface area (Å²) in [7, 11) is 0. The number of nitrogens with one attached hydrogen (secondary N) is 1. The van der Waals surface area contributed by atoms with Crippen molar-refractivity contribution in [1.29, 1.82) is 0 Å². The number of allylic oxidation sites excluding steroid dienone is 1. The van der Waals surface area contributed by atoms with Gasteiger partial charge in [0.1, 0.15) is 5.70 Å². The van der Waals surface area contributed by atoms with Gasteiger partial charge in [-0.3, -0.25) is 0 Å². The molecule has 15 heavy (non-hydrogen) atoms. The molecule has 1 fully saturated rings. The Morgan fingerprint density at radius 2 is 2.00 bits per heavy atom. The van der Waals surface area contributed by atoms with Gasteiger partial charge in [0.25, 0.3) is 0 Å². The fourth-order valence-corrected chi connectivity index (χ4v) is 1.31. The summed E-state index contributed by atoms with van der Waals surface area (Å²) in [4.78, 5) is 13.9. The number of carbonyl (C=O) groups is 1. The van der Waals surface area contributed by atoms with Gasteiger partial charge in [-0.2, -0.15) is 0 Å². The van der Waals surface area contributed by atoms with Gasteiger partial charge in [0.05, 0.1) is 0 Å². The summed E-state index contributed by atoms with van der Waals surface area (Å²) in [5.41, 5.74) is 6.18. The average Bonchev–Trinajstić information content (AvgIpc) is 2.81. The molecule has 1 rings (SSSR count). The van der Waals surface area contributed by atoms with Crippen molar-refractivity contribution < 1.29 is 14.9 Å². The Hall–Kier alpha value is -1.32. The van der Waals surface area contributed by atoms with E-state index in [0.717, 1.165) is 18.6 Å². The standard InChI is InChI=1S/C11H18N2O2/c1-11(2,3)13-9(7-4-5-7)6-8(12)10(14)15/h6-7H,4-5,12H2,1-3H3,(H,14,15)/p+1. The van der Waals surface area contributed by atoms with Crippen molar-refractivity contribution in [2.24, 2.45) is 11.7 Å². The third-order valence-electron chi connectivity index (χ3n) is 2.09. The largest absolute Gasteiger partial charge is 0.477 e. The van der Waals surface area contributed by atoms with Gasteiger partial charge in [0.2, 0.25) is 0 Å². The van der Waals surface area contributed by atoms with Crippen molar-refractivity contribution in [3.63, 3.8) is 0 Å². The van der Waals surface area contributed by atoms with Gasteiger partial charge in [0, 0.05) is 12.0 Å². The van der Waals surface area contributed by atoms with Crippen LogP contribution in [0.2, 0.25) is 0 Å². The van der Waals surface area contributed by atoms with Gasteiger partial charge in [-0.1, -0.05) is 0 Å². The first-order chi connectivity index (χ1) is 6.79. The number of hydrogen-bond acceptors (Lipinski definition) is 2. The molecule has 1 aliphatic rings. The average molecular weight is 211 g/mol. The van der Waals surface area contributed by atoms with E-state index < -0.39 is 5.97 Å². The molecule has 0 saturated heterocycles. The van der Waals surface area contributed by atoms with E-state index in [1.165, 1.54) is 0 Å². The van der Waals surface area contributed by atoms with Crippen molar-refractivity contribution in [3.05, 3.63) is 11.8 Å². The molecule has 0 unspecified atom stereocenters. The van der Waals surface area contributed by atoms with E-state index in [0.29, 0.717) is 5.92 Å². The summed E-state index contributed by atoms with van der Waals surface area (Å²) in [6.45, 7) is 6.13. The summed E-state index contributed by atoms with van der Waals surface area (Å²) >= 11 is 0. The van der Waals surface area contributed by atoms with Crippen LogP contribution in [0, 0.1) is 5.92 Å². The van der Waals surface area contributed by atoms with Crippen LogP contribution in [0.3, 0.4) is 0 Å². The van der Waals surface area contributed by atoms with E-state index >= 15 is 0 Å². The molecule has 0 amide bonds. The molecule has 4 N–H and O–H groups in total. The first kappa shape index (κ1) is 11.8. The lowest BCUT2D eigenvalue weighted by molar-refractivity contribution is -0.539. The fraction of sp³-hybridized carbons (Fsp3) is 0.636. The summed E-state index contributed by atoms with van der Waals surface area (Å²) < 4.78 is 0. The summed E-state index contributed by atoms with van der Waals surface area (Å²) in [5.74, 6) is -0.606. The van der Waals surface area contributed by atoms with Gasteiger partial charge >= 0.3 is 5.97 Å². The van der Waals surface area contributed by atoms with Crippen LogP contribution in [0.5, 0.6) is 0 Å². The highest BCUT2D eigenvalue weighted by Gasteiger charge is 2.33. The smallest absolute Gasteiger partial charge is 0.351 e. The minimum atomic E-state index is -1.07. The highest BCUT2D eigenvalue weighted by Crippen LogP contribution is 2.29. The van der Waals surface area contributed by atoms with Crippen LogP contribution in [0.25, 0.3) is 0 Å². The van der Waals surface area contributed by atoms with Crippen molar-refractivity contribution in [2.45, 2.75) is 39.2 Å². The lowest BCUT2D eigenvalue weighted by Gasteiger charge is -2.07. The maximum atomic E-state index is 10.6. The maximum absolute atomic E-state index is 10.6. The van der Waals surface area contributed by atoms with Gasteiger partial charge in [-0.25, -0.2) is 9.79 Å².